The van der Waals surface area contributed by atoms with E-state index in [9.17, 15) is 4.79 Å². The van der Waals surface area contributed by atoms with E-state index in [1.54, 1.807) is 0 Å². The number of amides is 2. The Labute approximate surface area is 148 Å². The van der Waals surface area contributed by atoms with Crippen LogP contribution >= 0.6 is 12.4 Å². The molecule has 24 heavy (non-hydrogen) atoms. The van der Waals surface area contributed by atoms with Gasteiger partial charge in [0.05, 0.1) is 13.1 Å². The normalized spacial score (nSPS) is 19.8. The minimum atomic E-state index is 0. The number of halogens is 1. The van der Waals surface area contributed by atoms with Gasteiger partial charge in [-0.1, -0.05) is 24.4 Å². The van der Waals surface area contributed by atoms with Crippen molar-refractivity contribution in [1.29, 1.82) is 0 Å². The van der Waals surface area contributed by atoms with Crippen LogP contribution in [0.2, 0.25) is 0 Å². The minimum Gasteiger partial charge on any atom is -0.338 e. The third-order valence-electron chi connectivity index (χ3n) is 4.64. The summed E-state index contributed by atoms with van der Waals surface area (Å²) in [6.45, 7) is 4.03. The molecule has 3 N–H and O–H groups in total. The molecule has 0 unspecified atom stereocenters. The zero-order valence-electron chi connectivity index (χ0n) is 13.9. The van der Waals surface area contributed by atoms with E-state index in [1.807, 2.05) is 4.90 Å². The van der Waals surface area contributed by atoms with Crippen molar-refractivity contribution in [3.63, 3.8) is 0 Å². The highest BCUT2D eigenvalue weighted by Crippen LogP contribution is 2.17. The highest BCUT2D eigenvalue weighted by atomic mass is 35.5. The SMILES string of the molecule is Cl.NCc1nc(CN2CCN(C(=O)NC3CCCCC3)CC2)no1. The van der Waals surface area contributed by atoms with Crippen LogP contribution in [0.3, 0.4) is 0 Å². The lowest BCUT2D eigenvalue weighted by Gasteiger charge is -2.35. The number of hydrogen-bond donors (Lipinski definition) is 2. The Morgan fingerprint density at radius 1 is 1.21 bits per heavy atom. The average molecular weight is 359 g/mol. The van der Waals surface area contributed by atoms with Crippen molar-refractivity contribution in [2.45, 2.75) is 51.2 Å². The van der Waals surface area contributed by atoms with E-state index in [1.165, 1.54) is 19.3 Å². The van der Waals surface area contributed by atoms with Crippen molar-refractivity contribution >= 4 is 18.4 Å². The number of aromatic nitrogens is 2. The lowest BCUT2D eigenvalue weighted by Crippen LogP contribution is -2.53. The van der Waals surface area contributed by atoms with Crippen LogP contribution in [0.1, 0.15) is 43.8 Å². The van der Waals surface area contributed by atoms with Gasteiger partial charge in [-0.2, -0.15) is 4.98 Å². The predicted octanol–water partition coefficient (Wildman–Crippen LogP) is 1.11. The van der Waals surface area contributed by atoms with Crippen molar-refractivity contribution in [2.75, 3.05) is 26.2 Å². The molecule has 2 aliphatic rings. The largest absolute Gasteiger partial charge is 0.338 e. The van der Waals surface area contributed by atoms with Crippen molar-refractivity contribution < 1.29 is 9.32 Å². The van der Waals surface area contributed by atoms with Crippen LogP contribution in [0, 0.1) is 0 Å². The summed E-state index contributed by atoms with van der Waals surface area (Å²) in [5.74, 6) is 1.12. The lowest BCUT2D eigenvalue weighted by atomic mass is 9.96. The molecule has 0 aromatic carbocycles. The summed E-state index contributed by atoms with van der Waals surface area (Å²) in [4.78, 5) is 20.7. The standard InChI is InChI=1S/C15H26N6O2.ClH/c16-10-14-18-13(19-23-14)11-20-6-8-21(9-7-20)15(22)17-12-4-2-1-3-5-12;/h12H,1-11,16H2,(H,17,22);1H. The number of carbonyl (C=O) groups excluding carboxylic acids is 1. The Balaban J connectivity index is 0.00000208. The van der Waals surface area contributed by atoms with Crippen LogP contribution in [0.4, 0.5) is 4.79 Å². The maximum Gasteiger partial charge on any atom is 0.317 e. The number of urea groups is 1. The molecule has 1 aliphatic carbocycles. The molecule has 0 spiro atoms. The number of hydrogen-bond acceptors (Lipinski definition) is 6. The second kappa shape index (κ2) is 9.19. The quantitative estimate of drug-likeness (QED) is 0.836. The third-order valence-corrected chi connectivity index (χ3v) is 4.64. The van der Waals surface area contributed by atoms with Gasteiger partial charge in [0, 0.05) is 32.2 Å². The average Bonchev–Trinajstić information content (AvgIpc) is 3.04. The Bertz CT molecular complexity index is 512. The van der Waals surface area contributed by atoms with E-state index in [4.69, 9.17) is 10.3 Å². The first-order valence-corrected chi connectivity index (χ1v) is 8.54. The molecule has 0 bridgehead atoms. The van der Waals surface area contributed by atoms with Crippen LogP contribution in [0.15, 0.2) is 4.52 Å². The fourth-order valence-electron chi connectivity index (χ4n) is 3.26. The highest BCUT2D eigenvalue weighted by molar-refractivity contribution is 5.85. The molecule has 1 aliphatic heterocycles. The van der Waals surface area contributed by atoms with Gasteiger partial charge in [-0.15, -0.1) is 12.4 Å². The number of nitrogens with zero attached hydrogens (tertiary/aromatic N) is 4. The fourth-order valence-corrected chi connectivity index (χ4v) is 3.26. The number of carbonyl (C=O) groups is 1. The van der Waals surface area contributed by atoms with Gasteiger partial charge in [-0.25, -0.2) is 4.79 Å². The van der Waals surface area contributed by atoms with Crippen LogP contribution in [-0.4, -0.2) is 58.2 Å². The molecule has 0 radical (unpaired) electrons. The predicted molar refractivity (Wildman–Crippen MR) is 91.7 cm³/mol. The van der Waals surface area contributed by atoms with E-state index in [-0.39, 0.29) is 25.0 Å². The summed E-state index contributed by atoms with van der Waals surface area (Å²) >= 11 is 0. The molecule has 1 saturated carbocycles. The van der Waals surface area contributed by atoms with Crippen LogP contribution in [0.25, 0.3) is 0 Å². The van der Waals surface area contributed by atoms with Crippen molar-refractivity contribution in [3.05, 3.63) is 11.7 Å². The van der Waals surface area contributed by atoms with Crippen LogP contribution in [-0.2, 0) is 13.1 Å². The number of piperazine rings is 1. The zero-order valence-corrected chi connectivity index (χ0v) is 14.8. The molecule has 2 fully saturated rings. The molecule has 136 valence electrons. The van der Waals surface area contributed by atoms with Gasteiger partial charge in [-0.3, -0.25) is 4.90 Å². The molecular formula is C15H27ClN6O2. The van der Waals surface area contributed by atoms with Gasteiger partial charge >= 0.3 is 6.03 Å². The summed E-state index contributed by atoms with van der Waals surface area (Å²) in [6.07, 6.45) is 6.00. The van der Waals surface area contributed by atoms with Gasteiger partial charge in [0.1, 0.15) is 0 Å². The van der Waals surface area contributed by atoms with Crippen molar-refractivity contribution in [1.82, 2.24) is 25.3 Å². The third kappa shape index (κ3) is 5.06. The van der Waals surface area contributed by atoms with Gasteiger partial charge in [-0.05, 0) is 12.8 Å². The Morgan fingerprint density at radius 2 is 1.92 bits per heavy atom. The Hall–Kier alpha value is -1.38. The topological polar surface area (TPSA) is 101 Å². The van der Waals surface area contributed by atoms with E-state index in [0.29, 0.717) is 24.3 Å². The van der Waals surface area contributed by atoms with Crippen LogP contribution in [0.5, 0.6) is 0 Å². The summed E-state index contributed by atoms with van der Waals surface area (Å²) < 4.78 is 5.01. The van der Waals surface area contributed by atoms with Crippen molar-refractivity contribution in [3.8, 4) is 0 Å². The molecule has 1 saturated heterocycles. The molecule has 2 heterocycles. The van der Waals surface area contributed by atoms with Gasteiger partial charge in [0.25, 0.3) is 0 Å². The minimum absolute atomic E-state index is 0. The smallest absolute Gasteiger partial charge is 0.317 e. The van der Waals surface area contributed by atoms with Gasteiger partial charge in [0.15, 0.2) is 5.82 Å². The fraction of sp³-hybridized carbons (Fsp3) is 0.800. The molecular weight excluding hydrogens is 332 g/mol. The van der Waals surface area contributed by atoms with Crippen LogP contribution < -0.4 is 11.1 Å². The lowest BCUT2D eigenvalue weighted by molar-refractivity contribution is 0.129. The second-order valence-corrected chi connectivity index (χ2v) is 6.36. The maximum atomic E-state index is 12.3. The summed E-state index contributed by atoms with van der Waals surface area (Å²) in [5, 5.41) is 7.09. The monoisotopic (exact) mass is 358 g/mol. The molecule has 1 aromatic rings. The van der Waals surface area contributed by atoms with Gasteiger partial charge in [0.2, 0.25) is 5.89 Å². The molecule has 2 amide bonds. The Morgan fingerprint density at radius 3 is 2.54 bits per heavy atom. The first-order valence-electron chi connectivity index (χ1n) is 8.54. The maximum absolute atomic E-state index is 12.3. The van der Waals surface area contributed by atoms with E-state index in [2.05, 4.69) is 20.4 Å². The summed E-state index contributed by atoms with van der Waals surface area (Å²) in [6, 6.07) is 0.449. The number of nitrogens with two attached hydrogens (primary N) is 1. The molecule has 9 heteroatoms. The summed E-state index contributed by atoms with van der Waals surface area (Å²) in [5.41, 5.74) is 5.46. The first kappa shape index (κ1) is 19.0. The highest BCUT2D eigenvalue weighted by Gasteiger charge is 2.24. The van der Waals surface area contributed by atoms with E-state index in [0.717, 1.165) is 39.0 Å². The zero-order chi connectivity index (χ0) is 16.1. The summed E-state index contributed by atoms with van der Waals surface area (Å²) in [7, 11) is 0. The first-order chi connectivity index (χ1) is 11.2. The van der Waals surface area contributed by atoms with Crippen molar-refractivity contribution in [2.24, 2.45) is 5.73 Å². The number of rotatable bonds is 4. The van der Waals surface area contributed by atoms with E-state index < -0.39 is 0 Å². The van der Waals surface area contributed by atoms with E-state index >= 15 is 0 Å². The number of nitrogens with one attached hydrogen (secondary N) is 1. The van der Waals surface area contributed by atoms with Gasteiger partial charge < -0.3 is 20.5 Å². The molecule has 1 aromatic heterocycles. The molecule has 3 rings (SSSR count). The molecule has 0 atom stereocenters. The molecule has 8 nitrogen and oxygen atoms in total. The second-order valence-electron chi connectivity index (χ2n) is 6.36. The Kier molecular flexibility index (Phi) is 7.26.